The van der Waals surface area contributed by atoms with Crippen LogP contribution in [0.15, 0.2) is 30.3 Å². The van der Waals surface area contributed by atoms with Crippen LogP contribution in [0.5, 0.6) is 0 Å². The molecule has 2 nitrogen and oxygen atoms in total. The van der Waals surface area contributed by atoms with Crippen LogP contribution in [-0.4, -0.2) is 12.4 Å². The van der Waals surface area contributed by atoms with Crippen LogP contribution < -0.4 is 0 Å². The van der Waals surface area contributed by atoms with Gasteiger partial charge in [-0.05, 0) is 30.2 Å². The molecule has 2 saturated heterocycles. The average Bonchev–Trinajstić information content (AvgIpc) is 3.06. The van der Waals surface area contributed by atoms with Gasteiger partial charge in [0.2, 0.25) is 0 Å². The second-order valence-corrected chi connectivity index (χ2v) is 6.99. The molecule has 1 aliphatic carbocycles. The van der Waals surface area contributed by atoms with Crippen LogP contribution in [0.4, 0.5) is 0 Å². The highest BCUT2D eigenvalue weighted by molar-refractivity contribution is 5.19. The summed E-state index contributed by atoms with van der Waals surface area (Å²) in [6.07, 6.45) is 10.4. The Balaban J connectivity index is 1.48. The first-order valence-corrected chi connectivity index (χ1v) is 8.16. The molecule has 20 heavy (non-hydrogen) atoms. The Hall–Kier alpha value is -0.860. The Morgan fingerprint density at radius 3 is 2.55 bits per heavy atom. The summed E-state index contributed by atoms with van der Waals surface area (Å²) in [7, 11) is 0. The zero-order chi connectivity index (χ0) is 13.5. The van der Waals surface area contributed by atoms with Crippen molar-refractivity contribution in [3.05, 3.63) is 35.9 Å². The average molecular weight is 272 g/mol. The first kappa shape index (κ1) is 12.8. The third kappa shape index (κ3) is 2.19. The summed E-state index contributed by atoms with van der Waals surface area (Å²) in [6, 6.07) is 10.6. The fourth-order valence-electron chi connectivity index (χ4n) is 4.45. The molecule has 1 aromatic rings. The van der Waals surface area contributed by atoms with Gasteiger partial charge in [0.15, 0.2) is 5.79 Å². The number of rotatable bonds is 1. The maximum atomic E-state index is 6.40. The zero-order valence-electron chi connectivity index (χ0n) is 12.1. The molecule has 2 heteroatoms. The van der Waals surface area contributed by atoms with E-state index in [1.807, 2.05) is 0 Å². The highest BCUT2D eigenvalue weighted by atomic mass is 16.7. The monoisotopic (exact) mass is 272 g/mol. The summed E-state index contributed by atoms with van der Waals surface area (Å²) < 4.78 is 12.6. The topological polar surface area (TPSA) is 18.5 Å². The van der Waals surface area contributed by atoms with E-state index in [1.165, 1.54) is 37.7 Å². The highest BCUT2D eigenvalue weighted by Gasteiger charge is 2.53. The van der Waals surface area contributed by atoms with Crippen LogP contribution in [0.3, 0.4) is 0 Å². The van der Waals surface area contributed by atoms with Crippen LogP contribution in [-0.2, 0) is 9.47 Å². The molecule has 4 rings (SSSR count). The van der Waals surface area contributed by atoms with Crippen molar-refractivity contribution in [2.24, 2.45) is 5.41 Å². The Labute approximate surface area is 121 Å². The summed E-state index contributed by atoms with van der Waals surface area (Å²) in [4.78, 5) is 0. The van der Waals surface area contributed by atoms with E-state index in [4.69, 9.17) is 9.47 Å². The number of hydrogen-bond donors (Lipinski definition) is 0. The van der Waals surface area contributed by atoms with Gasteiger partial charge in [-0.2, -0.15) is 0 Å². The molecule has 0 aromatic heterocycles. The maximum Gasteiger partial charge on any atom is 0.169 e. The van der Waals surface area contributed by atoms with Gasteiger partial charge in [0.05, 0.1) is 12.7 Å². The van der Waals surface area contributed by atoms with Crippen LogP contribution in [0.1, 0.15) is 63.0 Å². The Bertz CT molecular complexity index is 464. The molecule has 2 atom stereocenters. The molecule has 2 aliphatic heterocycles. The molecular weight excluding hydrogens is 248 g/mol. The summed E-state index contributed by atoms with van der Waals surface area (Å²) in [5.74, 6) is -0.266. The normalized spacial score (nSPS) is 35.9. The van der Waals surface area contributed by atoms with E-state index in [1.54, 1.807) is 0 Å². The van der Waals surface area contributed by atoms with Gasteiger partial charge in [-0.25, -0.2) is 0 Å². The molecule has 0 amide bonds. The van der Waals surface area contributed by atoms with Crippen LogP contribution >= 0.6 is 0 Å². The fraction of sp³-hybridized carbons (Fsp3) is 0.667. The molecule has 1 saturated carbocycles. The lowest BCUT2D eigenvalue weighted by Gasteiger charge is -2.33. The van der Waals surface area contributed by atoms with Gasteiger partial charge in [0, 0.05) is 12.8 Å². The third-order valence-electron chi connectivity index (χ3n) is 5.52. The fourth-order valence-corrected chi connectivity index (χ4v) is 4.45. The standard InChI is InChI=1S/C18H24O2/c1-3-7-15(8-4-1)16-9-12-18(20-16)13-17(14-19-18)10-5-2-6-11-17/h1,3-4,7-8,16H,2,5-6,9-14H2. The Morgan fingerprint density at radius 1 is 0.950 bits per heavy atom. The minimum Gasteiger partial charge on any atom is -0.349 e. The van der Waals surface area contributed by atoms with E-state index in [0.717, 1.165) is 25.9 Å². The molecule has 3 fully saturated rings. The number of hydrogen-bond acceptors (Lipinski definition) is 2. The summed E-state index contributed by atoms with van der Waals surface area (Å²) in [5, 5.41) is 0. The quantitative estimate of drug-likeness (QED) is 0.743. The lowest BCUT2D eigenvalue weighted by Crippen LogP contribution is -2.30. The van der Waals surface area contributed by atoms with Crippen molar-refractivity contribution in [3.8, 4) is 0 Å². The predicted molar refractivity (Wildman–Crippen MR) is 78.3 cm³/mol. The van der Waals surface area contributed by atoms with Gasteiger partial charge >= 0.3 is 0 Å². The van der Waals surface area contributed by atoms with Gasteiger partial charge in [-0.15, -0.1) is 0 Å². The summed E-state index contributed by atoms with van der Waals surface area (Å²) in [6.45, 7) is 0.925. The molecule has 3 aliphatic rings. The molecule has 0 bridgehead atoms. The van der Waals surface area contributed by atoms with Crippen molar-refractivity contribution in [3.63, 3.8) is 0 Å². The van der Waals surface area contributed by atoms with E-state index in [-0.39, 0.29) is 11.9 Å². The molecule has 0 N–H and O–H groups in total. The third-order valence-corrected chi connectivity index (χ3v) is 5.52. The Kier molecular flexibility index (Phi) is 3.12. The van der Waals surface area contributed by atoms with E-state index in [2.05, 4.69) is 30.3 Å². The zero-order valence-corrected chi connectivity index (χ0v) is 12.1. The summed E-state index contributed by atoms with van der Waals surface area (Å²) >= 11 is 0. The van der Waals surface area contributed by atoms with E-state index >= 15 is 0 Å². The lowest BCUT2D eigenvalue weighted by atomic mass is 9.72. The molecular formula is C18H24O2. The van der Waals surface area contributed by atoms with Crippen molar-refractivity contribution < 1.29 is 9.47 Å². The van der Waals surface area contributed by atoms with Gasteiger partial charge < -0.3 is 9.47 Å². The lowest BCUT2D eigenvalue weighted by molar-refractivity contribution is -0.200. The van der Waals surface area contributed by atoms with E-state index < -0.39 is 0 Å². The van der Waals surface area contributed by atoms with E-state index in [9.17, 15) is 0 Å². The molecule has 108 valence electrons. The van der Waals surface area contributed by atoms with Gasteiger partial charge in [0.25, 0.3) is 0 Å². The van der Waals surface area contributed by atoms with Crippen molar-refractivity contribution >= 4 is 0 Å². The van der Waals surface area contributed by atoms with Crippen molar-refractivity contribution in [2.75, 3.05) is 6.61 Å². The Morgan fingerprint density at radius 2 is 1.75 bits per heavy atom. The predicted octanol–water partition coefficient (Wildman–Crippen LogP) is 4.61. The first-order chi connectivity index (χ1) is 9.79. The van der Waals surface area contributed by atoms with Gasteiger partial charge in [0.1, 0.15) is 0 Å². The van der Waals surface area contributed by atoms with Gasteiger partial charge in [-0.1, -0.05) is 49.6 Å². The van der Waals surface area contributed by atoms with Crippen molar-refractivity contribution in [1.29, 1.82) is 0 Å². The largest absolute Gasteiger partial charge is 0.349 e. The molecule has 2 spiro atoms. The number of benzene rings is 1. The molecule has 0 radical (unpaired) electrons. The second-order valence-electron chi connectivity index (χ2n) is 6.99. The first-order valence-electron chi connectivity index (χ1n) is 8.16. The molecule has 1 aromatic carbocycles. The molecule has 2 heterocycles. The molecule has 2 unspecified atom stereocenters. The minimum atomic E-state index is -0.266. The van der Waals surface area contributed by atoms with Crippen LogP contribution in [0.2, 0.25) is 0 Å². The summed E-state index contributed by atoms with van der Waals surface area (Å²) in [5.41, 5.74) is 1.74. The van der Waals surface area contributed by atoms with Crippen molar-refractivity contribution in [1.82, 2.24) is 0 Å². The highest BCUT2D eigenvalue weighted by Crippen LogP contribution is 2.55. The van der Waals surface area contributed by atoms with Gasteiger partial charge in [-0.3, -0.25) is 0 Å². The van der Waals surface area contributed by atoms with Crippen LogP contribution in [0.25, 0.3) is 0 Å². The minimum absolute atomic E-state index is 0.231. The number of ether oxygens (including phenoxy) is 2. The maximum absolute atomic E-state index is 6.40. The van der Waals surface area contributed by atoms with Crippen molar-refractivity contribution in [2.45, 2.75) is 63.3 Å². The van der Waals surface area contributed by atoms with E-state index in [0.29, 0.717) is 5.41 Å². The van der Waals surface area contributed by atoms with Crippen LogP contribution in [0, 0.1) is 5.41 Å². The second kappa shape index (κ2) is 4.85. The SMILES string of the molecule is c1ccc(C2CCC3(CC4(CCCCC4)CO3)O2)cc1. The smallest absolute Gasteiger partial charge is 0.169 e.